The van der Waals surface area contributed by atoms with Gasteiger partial charge in [0.15, 0.2) is 0 Å². The molecule has 1 aliphatic heterocycles. The SMILES string of the molecule is O=C(CN1C(=O)/C(=C/c2ccc(O)cc2O)SC1=S)Nc1ccc(O)cc1. The van der Waals surface area contributed by atoms with Gasteiger partial charge in [-0.25, -0.2) is 0 Å². The summed E-state index contributed by atoms with van der Waals surface area (Å²) >= 11 is 6.20. The van der Waals surface area contributed by atoms with Crippen LogP contribution in [0.1, 0.15) is 5.56 Å². The first kappa shape index (κ1) is 18.7. The highest BCUT2D eigenvalue weighted by Gasteiger charge is 2.33. The first-order valence-corrected chi connectivity index (χ1v) is 8.92. The van der Waals surface area contributed by atoms with E-state index in [1.165, 1.54) is 47.4 Å². The fourth-order valence-corrected chi connectivity index (χ4v) is 3.57. The molecule has 1 saturated heterocycles. The van der Waals surface area contributed by atoms with Crippen LogP contribution in [-0.2, 0) is 9.59 Å². The Morgan fingerprint density at radius 2 is 1.78 bits per heavy atom. The number of thioether (sulfide) groups is 1. The summed E-state index contributed by atoms with van der Waals surface area (Å²) in [7, 11) is 0. The molecule has 2 amide bonds. The average molecular weight is 402 g/mol. The van der Waals surface area contributed by atoms with Gasteiger partial charge in [0.05, 0.1) is 4.91 Å². The van der Waals surface area contributed by atoms with Crippen molar-refractivity contribution in [2.75, 3.05) is 11.9 Å². The van der Waals surface area contributed by atoms with Crippen molar-refractivity contribution in [2.45, 2.75) is 0 Å². The van der Waals surface area contributed by atoms with Crippen molar-refractivity contribution in [1.82, 2.24) is 4.90 Å². The van der Waals surface area contributed by atoms with E-state index >= 15 is 0 Å². The third kappa shape index (κ3) is 4.39. The maximum Gasteiger partial charge on any atom is 0.266 e. The lowest BCUT2D eigenvalue weighted by Crippen LogP contribution is -2.36. The Hall–Kier alpha value is -3.04. The minimum atomic E-state index is -0.446. The van der Waals surface area contributed by atoms with Crippen molar-refractivity contribution >= 4 is 51.9 Å². The highest BCUT2D eigenvalue weighted by atomic mass is 32.2. The monoisotopic (exact) mass is 402 g/mol. The summed E-state index contributed by atoms with van der Waals surface area (Å²) in [5, 5.41) is 31.0. The molecule has 1 heterocycles. The molecule has 27 heavy (non-hydrogen) atoms. The number of benzene rings is 2. The van der Waals surface area contributed by atoms with Crippen LogP contribution in [0.2, 0.25) is 0 Å². The summed E-state index contributed by atoms with van der Waals surface area (Å²) in [6, 6.07) is 9.95. The van der Waals surface area contributed by atoms with E-state index in [0.29, 0.717) is 11.3 Å². The highest BCUT2D eigenvalue weighted by Crippen LogP contribution is 2.34. The zero-order chi connectivity index (χ0) is 19.6. The molecule has 0 atom stereocenters. The van der Waals surface area contributed by atoms with Crippen LogP contribution in [-0.4, -0.2) is 42.9 Å². The quantitative estimate of drug-likeness (QED) is 0.354. The summed E-state index contributed by atoms with van der Waals surface area (Å²) in [5.74, 6) is -1.08. The molecule has 0 spiro atoms. The molecule has 9 heteroatoms. The Labute approximate surface area is 163 Å². The van der Waals surface area contributed by atoms with Crippen molar-refractivity contribution < 1.29 is 24.9 Å². The predicted molar refractivity (Wildman–Crippen MR) is 106 cm³/mol. The number of phenolic OH excluding ortho intramolecular Hbond substituents is 3. The predicted octanol–water partition coefficient (Wildman–Crippen LogP) is 2.64. The first-order valence-electron chi connectivity index (χ1n) is 7.70. The van der Waals surface area contributed by atoms with E-state index in [4.69, 9.17) is 12.2 Å². The molecule has 1 fully saturated rings. The van der Waals surface area contributed by atoms with Gasteiger partial charge in [-0.3, -0.25) is 14.5 Å². The molecule has 0 saturated carbocycles. The van der Waals surface area contributed by atoms with Crippen molar-refractivity contribution in [1.29, 1.82) is 0 Å². The van der Waals surface area contributed by atoms with Crippen LogP contribution in [0.15, 0.2) is 47.4 Å². The molecular formula is C18H14N2O5S2. The Balaban J connectivity index is 1.71. The molecule has 0 radical (unpaired) electrons. The number of rotatable bonds is 4. The Bertz CT molecular complexity index is 957. The zero-order valence-corrected chi connectivity index (χ0v) is 15.4. The number of carbonyl (C=O) groups excluding carboxylic acids is 2. The lowest BCUT2D eigenvalue weighted by molar-refractivity contribution is -0.126. The number of phenols is 3. The second kappa shape index (κ2) is 7.68. The topological polar surface area (TPSA) is 110 Å². The van der Waals surface area contributed by atoms with E-state index in [9.17, 15) is 24.9 Å². The van der Waals surface area contributed by atoms with Gasteiger partial charge in [-0.05, 0) is 42.5 Å². The molecule has 0 aromatic heterocycles. The maximum atomic E-state index is 12.5. The lowest BCUT2D eigenvalue weighted by Gasteiger charge is -2.14. The Kier molecular flexibility index (Phi) is 5.33. The van der Waals surface area contributed by atoms with Gasteiger partial charge in [-0.1, -0.05) is 24.0 Å². The average Bonchev–Trinajstić information content (AvgIpc) is 2.87. The molecule has 0 unspecified atom stereocenters. The molecule has 138 valence electrons. The number of aromatic hydroxyl groups is 3. The van der Waals surface area contributed by atoms with Crippen molar-refractivity contribution in [3.8, 4) is 17.2 Å². The first-order chi connectivity index (χ1) is 12.8. The molecular weight excluding hydrogens is 388 g/mol. The van der Waals surface area contributed by atoms with E-state index in [0.717, 1.165) is 17.8 Å². The fraction of sp³-hybridized carbons (Fsp3) is 0.0556. The number of nitrogens with zero attached hydrogens (tertiary/aromatic N) is 1. The van der Waals surface area contributed by atoms with Crippen molar-refractivity contribution in [2.24, 2.45) is 0 Å². The smallest absolute Gasteiger partial charge is 0.266 e. The molecule has 4 N–H and O–H groups in total. The van der Waals surface area contributed by atoms with Crippen LogP contribution in [0.5, 0.6) is 17.2 Å². The number of nitrogens with one attached hydrogen (secondary N) is 1. The normalized spacial score (nSPS) is 15.4. The third-order valence-electron chi connectivity index (χ3n) is 3.63. The second-order valence-electron chi connectivity index (χ2n) is 5.61. The van der Waals surface area contributed by atoms with Gasteiger partial charge in [-0.15, -0.1) is 0 Å². The third-order valence-corrected chi connectivity index (χ3v) is 5.00. The Morgan fingerprint density at radius 3 is 2.44 bits per heavy atom. The minimum Gasteiger partial charge on any atom is -0.508 e. The minimum absolute atomic E-state index is 0.0764. The van der Waals surface area contributed by atoms with E-state index < -0.39 is 11.8 Å². The Morgan fingerprint density at radius 1 is 1.11 bits per heavy atom. The fourth-order valence-electron chi connectivity index (χ4n) is 2.32. The maximum absolute atomic E-state index is 12.5. The van der Waals surface area contributed by atoms with Gasteiger partial charge in [0, 0.05) is 17.3 Å². The second-order valence-corrected chi connectivity index (χ2v) is 7.28. The van der Waals surface area contributed by atoms with Gasteiger partial charge in [-0.2, -0.15) is 0 Å². The number of hydrogen-bond donors (Lipinski definition) is 4. The largest absolute Gasteiger partial charge is 0.508 e. The van der Waals surface area contributed by atoms with Crippen molar-refractivity contribution in [3.05, 3.63) is 52.9 Å². The van der Waals surface area contributed by atoms with E-state index in [1.807, 2.05) is 0 Å². The molecule has 7 nitrogen and oxygen atoms in total. The molecule has 0 bridgehead atoms. The number of carbonyl (C=O) groups is 2. The molecule has 3 rings (SSSR count). The van der Waals surface area contributed by atoms with Crippen LogP contribution >= 0.6 is 24.0 Å². The van der Waals surface area contributed by atoms with Crippen molar-refractivity contribution in [3.63, 3.8) is 0 Å². The summed E-state index contributed by atoms with van der Waals surface area (Å²) in [6.45, 7) is -0.259. The van der Waals surface area contributed by atoms with Crippen LogP contribution < -0.4 is 5.32 Å². The van der Waals surface area contributed by atoms with Crippen LogP contribution in [0.3, 0.4) is 0 Å². The number of thiocarbonyl (C=S) groups is 1. The van der Waals surface area contributed by atoms with Gasteiger partial charge in [0.1, 0.15) is 28.1 Å². The van der Waals surface area contributed by atoms with E-state index in [2.05, 4.69) is 5.32 Å². The van der Waals surface area contributed by atoms with E-state index in [-0.39, 0.29) is 33.0 Å². The van der Waals surface area contributed by atoms with E-state index in [1.54, 1.807) is 0 Å². The molecule has 2 aromatic carbocycles. The molecule has 1 aliphatic rings. The number of anilines is 1. The molecule has 2 aromatic rings. The van der Waals surface area contributed by atoms with Crippen LogP contribution in [0, 0.1) is 0 Å². The zero-order valence-electron chi connectivity index (χ0n) is 13.7. The highest BCUT2D eigenvalue weighted by molar-refractivity contribution is 8.26. The van der Waals surface area contributed by atoms with Gasteiger partial charge in [0.2, 0.25) is 5.91 Å². The van der Waals surface area contributed by atoms with Gasteiger partial charge >= 0.3 is 0 Å². The summed E-state index contributed by atoms with van der Waals surface area (Å²) < 4.78 is 0.227. The number of amides is 2. The van der Waals surface area contributed by atoms with Crippen LogP contribution in [0.25, 0.3) is 6.08 Å². The number of hydrogen-bond acceptors (Lipinski definition) is 7. The molecule has 0 aliphatic carbocycles. The van der Waals surface area contributed by atoms with Gasteiger partial charge in [0.25, 0.3) is 5.91 Å². The summed E-state index contributed by atoms with van der Waals surface area (Å²) in [5.41, 5.74) is 0.828. The lowest BCUT2D eigenvalue weighted by atomic mass is 10.1. The van der Waals surface area contributed by atoms with Crippen LogP contribution in [0.4, 0.5) is 5.69 Å². The standard InChI is InChI=1S/C18H14N2O5S2/c21-12-5-2-11(3-6-12)19-16(24)9-20-17(25)15(27-18(20)26)7-10-1-4-13(22)8-14(10)23/h1-8,21-23H,9H2,(H,19,24)/b15-7-. The van der Waals surface area contributed by atoms with Gasteiger partial charge < -0.3 is 20.6 Å². The summed E-state index contributed by atoms with van der Waals surface area (Å²) in [6.07, 6.45) is 1.45. The summed E-state index contributed by atoms with van der Waals surface area (Å²) in [4.78, 5) is 26.1.